The zero-order valence-electron chi connectivity index (χ0n) is 15.5. The zero-order chi connectivity index (χ0) is 20.3. The lowest BCUT2D eigenvalue weighted by molar-refractivity contribution is -0.142. The van der Waals surface area contributed by atoms with Crippen LogP contribution in [0.5, 0.6) is 0 Å². The Morgan fingerprint density at radius 3 is 2.39 bits per heavy atom. The number of rotatable bonds is 5. The first-order chi connectivity index (χ1) is 13.2. The van der Waals surface area contributed by atoms with Crippen molar-refractivity contribution in [1.82, 2.24) is 14.7 Å². The molecule has 9 heteroatoms. The Balaban J connectivity index is 1.59. The largest absolute Gasteiger partial charge is 0.436 e. The smallest absolute Gasteiger partial charge is 0.324 e. The first kappa shape index (κ1) is 20.9. The van der Waals surface area contributed by atoms with Crippen LogP contribution in [0.3, 0.4) is 0 Å². The van der Waals surface area contributed by atoms with Gasteiger partial charge in [0.05, 0.1) is 10.2 Å². The fraction of sp³-hybridized carbons (Fsp3) is 0.474. The topological polar surface area (TPSA) is 50.2 Å². The Morgan fingerprint density at radius 1 is 1.18 bits per heavy atom. The van der Waals surface area contributed by atoms with E-state index in [-0.39, 0.29) is 16.7 Å². The predicted octanol–water partition coefficient (Wildman–Crippen LogP) is 4.60. The molecule has 5 nitrogen and oxygen atoms in total. The number of aromatic nitrogens is 2. The highest BCUT2D eigenvalue weighted by atomic mass is 79.9. The molecule has 2 heterocycles. The second-order valence-corrected chi connectivity index (χ2v) is 7.78. The van der Waals surface area contributed by atoms with Crippen molar-refractivity contribution in [3.63, 3.8) is 0 Å². The van der Waals surface area contributed by atoms with E-state index >= 15 is 0 Å². The number of benzene rings is 1. The third-order valence-electron chi connectivity index (χ3n) is 4.79. The maximum absolute atomic E-state index is 12.9. The third kappa shape index (κ3) is 5.14. The maximum Gasteiger partial charge on any atom is 0.436 e. The fourth-order valence-corrected chi connectivity index (χ4v) is 3.77. The third-order valence-corrected chi connectivity index (χ3v) is 5.74. The summed E-state index contributed by atoms with van der Waals surface area (Å²) in [6, 6.07) is 7.54. The monoisotopic (exact) mass is 458 g/mol. The van der Waals surface area contributed by atoms with E-state index in [1.807, 2.05) is 24.3 Å². The van der Waals surface area contributed by atoms with Crippen LogP contribution in [-0.4, -0.2) is 33.7 Å². The SMILES string of the molecule is Cc1c(Br)c(C(F)(F)F)nn1CC(=O)Nc1ccc(CN2CCCCC2)cc1. The molecule has 1 aliphatic heterocycles. The minimum absolute atomic E-state index is 0.144. The van der Waals surface area contributed by atoms with Crippen molar-refractivity contribution in [3.8, 4) is 0 Å². The first-order valence-corrected chi connectivity index (χ1v) is 9.94. The summed E-state index contributed by atoms with van der Waals surface area (Å²) in [5.74, 6) is -0.435. The number of anilines is 1. The average Bonchev–Trinajstić information content (AvgIpc) is 2.93. The number of hydrogen-bond donors (Lipinski definition) is 1. The standard InChI is InChI=1S/C19H22BrF3N4O/c1-13-17(20)18(19(21,22)23)25-27(13)12-16(28)24-15-7-5-14(6-8-15)11-26-9-3-2-4-10-26/h5-8H,2-4,9-12H2,1H3,(H,24,28). The molecular weight excluding hydrogens is 437 g/mol. The van der Waals surface area contributed by atoms with Gasteiger partial charge in [-0.2, -0.15) is 18.3 Å². The highest BCUT2D eigenvalue weighted by Gasteiger charge is 2.38. The van der Waals surface area contributed by atoms with Gasteiger partial charge in [-0.15, -0.1) is 0 Å². The summed E-state index contributed by atoms with van der Waals surface area (Å²) in [6.45, 7) is 4.29. The summed E-state index contributed by atoms with van der Waals surface area (Å²) in [5, 5.41) is 6.23. The molecule has 1 aromatic heterocycles. The van der Waals surface area contributed by atoms with E-state index in [9.17, 15) is 18.0 Å². The number of halogens is 4. The van der Waals surface area contributed by atoms with Gasteiger partial charge in [-0.1, -0.05) is 18.6 Å². The fourth-order valence-electron chi connectivity index (χ4n) is 3.27. The van der Waals surface area contributed by atoms with E-state index in [2.05, 4.69) is 31.2 Å². The van der Waals surface area contributed by atoms with Crippen LogP contribution < -0.4 is 5.32 Å². The van der Waals surface area contributed by atoms with Crippen LogP contribution in [0.15, 0.2) is 28.7 Å². The van der Waals surface area contributed by atoms with Gasteiger partial charge in [0.1, 0.15) is 6.54 Å². The Morgan fingerprint density at radius 2 is 1.82 bits per heavy atom. The normalized spacial score (nSPS) is 15.6. The van der Waals surface area contributed by atoms with Crippen molar-refractivity contribution >= 4 is 27.5 Å². The summed E-state index contributed by atoms with van der Waals surface area (Å²) < 4.78 is 39.7. The average molecular weight is 459 g/mol. The number of nitrogens with zero attached hydrogens (tertiary/aromatic N) is 3. The maximum atomic E-state index is 12.9. The number of alkyl halides is 3. The second-order valence-electron chi connectivity index (χ2n) is 6.99. The van der Waals surface area contributed by atoms with Gasteiger partial charge in [-0.05, 0) is 66.5 Å². The van der Waals surface area contributed by atoms with E-state index in [0.29, 0.717) is 5.69 Å². The van der Waals surface area contributed by atoms with Gasteiger partial charge in [0.15, 0.2) is 5.69 Å². The molecule has 0 radical (unpaired) electrons. The number of piperidine rings is 1. The van der Waals surface area contributed by atoms with Crippen LogP contribution in [0.25, 0.3) is 0 Å². The molecule has 0 spiro atoms. The summed E-state index contributed by atoms with van der Waals surface area (Å²) in [7, 11) is 0. The Labute approximate surface area is 170 Å². The first-order valence-electron chi connectivity index (χ1n) is 9.15. The van der Waals surface area contributed by atoms with E-state index in [1.165, 1.54) is 31.7 Å². The van der Waals surface area contributed by atoms with Gasteiger partial charge >= 0.3 is 6.18 Å². The lowest BCUT2D eigenvalue weighted by Gasteiger charge is -2.26. The molecule has 0 aliphatic carbocycles. The molecule has 2 aromatic rings. The predicted molar refractivity (Wildman–Crippen MR) is 104 cm³/mol. The van der Waals surface area contributed by atoms with Gasteiger partial charge < -0.3 is 5.32 Å². The summed E-state index contributed by atoms with van der Waals surface area (Å²) in [4.78, 5) is 14.6. The highest BCUT2D eigenvalue weighted by molar-refractivity contribution is 9.10. The van der Waals surface area contributed by atoms with Crippen molar-refractivity contribution in [2.45, 2.75) is 45.5 Å². The molecule has 1 aliphatic rings. The van der Waals surface area contributed by atoms with Gasteiger partial charge in [-0.25, -0.2) is 0 Å². The van der Waals surface area contributed by atoms with E-state index in [1.54, 1.807) is 0 Å². The minimum Gasteiger partial charge on any atom is -0.324 e. The molecule has 1 amide bonds. The van der Waals surface area contributed by atoms with E-state index < -0.39 is 17.8 Å². The van der Waals surface area contributed by atoms with Crippen LogP contribution in [0.4, 0.5) is 18.9 Å². The van der Waals surface area contributed by atoms with Crippen molar-refractivity contribution in [2.75, 3.05) is 18.4 Å². The molecule has 0 bridgehead atoms. The number of amides is 1. The molecule has 3 rings (SSSR count). The molecule has 0 atom stereocenters. The summed E-state index contributed by atoms with van der Waals surface area (Å²) in [6.07, 6.45) is -0.825. The van der Waals surface area contributed by atoms with Crippen LogP contribution in [0.2, 0.25) is 0 Å². The molecule has 1 aromatic carbocycles. The van der Waals surface area contributed by atoms with Crippen molar-refractivity contribution in [1.29, 1.82) is 0 Å². The van der Waals surface area contributed by atoms with Crippen LogP contribution in [0, 0.1) is 6.92 Å². The van der Waals surface area contributed by atoms with Gasteiger partial charge in [0.25, 0.3) is 0 Å². The second kappa shape index (κ2) is 8.65. The van der Waals surface area contributed by atoms with Gasteiger partial charge in [0, 0.05) is 12.2 Å². The number of nitrogens with one attached hydrogen (secondary N) is 1. The highest BCUT2D eigenvalue weighted by Crippen LogP contribution is 2.35. The number of carbonyl (C=O) groups is 1. The van der Waals surface area contributed by atoms with Gasteiger partial charge in [-0.3, -0.25) is 14.4 Å². The molecule has 1 N–H and O–H groups in total. The molecule has 0 saturated carbocycles. The number of likely N-dealkylation sites (tertiary alicyclic amines) is 1. The minimum atomic E-state index is -4.57. The van der Waals surface area contributed by atoms with E-state index in [0.717, 1.165) is 24.3 Å². The number of hydrogen-bond acceptors (Lipinski definition) is 3. The summed E-state index contributed by atoms with van der Waals surface area (Å²) in [5.41, 5.74) is 0.994. The Hall–Kier alpha value is -1.87. The lowest BCUT2D eigenvalue weighted by atomic mass is 10.1. The van der Waals surface area contributed by atoms with Crippen molar-refractivity contribution in [3.05, 3.63) is 45.7 Å². The van der Waals surface area contributed by atoms with Crippen molar-refractivity contribution < 1.29 is 18.0 Å². The molecule has 0 unspecified atom stereocenters. The van der Waals surface area contributed by atoms with Crippen LogP contribution >= 0.6 is 15.9 Å². The zero-order valence-corrected chi connectivity index (χ0v) is 17.1. The Bertz CT molecular complexity index is 827. The van der Waals surface area contributed by atoms with E-state index in [4.69, 9.17) is 0 Å². The van der Waals surface area contributed by atoms with Gasteiger partial charge in [0.2, 0.25) is 5.91 Å². The van der Waals surface area contributed by atoms with Crippen molar-refractivity contribution in [2.24, 2.45) is 0 Å². The molecule has 1 fully saturated rings. The summed E-state index contributed by atoms with van der Waals surface area (Å²) >= 11 is 2.90. The molecular formula is C19H22BrF3N4O. The molecule has 1 saturated heterocycles. The Kier molecular flexibility index (Phi) is 6.44. The quantitative estimate of drug-likeness (QED) is 0.712. The number of carbonyl (C=O) groups excluding carboxylic acids is 1. The van der Waals surface area contributed by atoms with Crippen LogP contribution in [0.1, 0.15) is 36.2 Å². The van der Waals surface area contributed by atoms with Crippen LogP contribution in [-0.2, 0) is 24.1 Å². The molecule has 152 valence electrons. The molecule has 28 heavy (non-hydrogen) atoms. The lowest BCUT2D eigenvalue weighted by Crippen LogP contribution is -2.29.